The van der Waals surface area contributed by atoms with Gasteiger partial charge in [0.2, 0.25) is 17.9 Å². The SMILES string of the molecule is COC(=O)C1Oc2cc(ccc2OC)C(=O)NC(C(C)C)CN(C(=O)c2cc3c(nc2OC)CCC3)CC(=O)N[C@H]1C. The van der Waals surface area contributed by atoms with Crippen LogP contribution in [0.4, 0.5) is 0 Å². The van der Waals surface area contributed by atoms with Crippen molar-refractivity contribution < 1.29 is 38.1 Å². The Kier molecular flexibility index (Phi) is 9.54. The van der Waals surface area contributed by atoms with E-state index in [1.54, 1.807) is 25.1 Å². The summed E-state index contributed by atoms with van der Waals surface area (Å²) in [5.74, 6) is -1.65. The molecule has 2 N–H and O–H groups in total. The van der Waals surface area contributed by atoms with Gasteiger partial charge in [0.1, 0.15) is 5.56 Å². The second-order valence-electron chi connectivity index (χ2n) is 10.8. The fraction of sp³-hybridized carbons (Fsp3) is 0.500. The minimum absolute atomic E-state index is 0.0320. The summed E-state index contributed by atoms with van der Waals surface area (Å²) >= 11 is 0. The molecule has 2 aromatic rings. The number of methoxy groups -OCH3 is 3. The van der Waals surface area contributed by atoms with E-state index in [9.17, 15) is 19.2 Å². The van der Waals surface area contributed by atoms with Gasteiger partial charge < -0.3 is 34.5 Å². The van der Waals surface area contributed by atoms with Gasteiger partial charge in [-0.05, 0) is 61.9 Å². The number of rotatable bonds is 5. The second kappa shape index (κ2) is 13.1. The molecule has 3 atom stereocenters. The van der Waals surface area contributed by atoms with E-state index in [-0.39, 0.29) is 41.8 Å². The Hall–Kier alpha value is -4.35. The number of nitrogens with one attached hydrogen (secondary N) is 2. The molecule has 12 heteroatoms. The van der Waals surface area contributed by atoms with E-state index in [1.807, 2.05) is 13.8 Å². The molecule has 4 rings (SSSR count). The molecule has 0 saturated heterocycles. The lowest BCUT2D eigenvalue weighted by Gasteiger charge is -2.32. The number of benzene rings is 1. The average molecular weight is 583 g/mol. The van der Waals surface area contributed by atoms with Crippen LogP contribution in [0.25, 0.3) is 0 Å². The summed E-state index contributed by atoms with van der Waals surface area (Å²) in [6, 6.07) is 4.99. The molecule has 42 heavy (non-hydrogen) atoms. The lowest BCUT2D eigenvalue weighted by molar-refractivity contribution is -0.150. The Bertz CT molecular complexity index is 1360. The maximum absolute atomic E-state index is 14.0. The Labute approximate surface area is 245 Å². The summed E-state index contributed by atoms with van der Waals surface area (Å²) in [4.78, 5) is 59.5. The maximum Gasteiger partial charge on any atom is 0.349 e. The average Bonchev–Trinajstić information content (AvgIpc) is 3.44. The van der Waals surface area contributed by atoms with Crippen molar-refractivity contribution in [3.05, 3.63) is 46.6 Å². The summed E-state index contributed by atoms with van der Waals surface area (Å²) in [5, 5.41) is 5.76. The number of hydrogen-bond acceptors (Lipinski definition) is 9. The molecule has 3 amide bonds. The number of esters is 1. The maximum atomic E-state index is 14.0. The number of hydrogen-bond donors (Lipinski definition) is 2. The molecule has 0 spiro atoms. The minimum atomic E-state index is -1.28. The first-order valence-corrected chi connectivity index (χ1v) is 13.9. The van der Waals surface area contributed by atoms with E-state index in [2.05, 4.69) is 15.6 Å². The number of aromatic nitrogens is 1. The molecule has 2 bridgehead atoms. The summed E-state index contributed by atoms with van der Waals surface area (Å²) in [5.41, 5.74) is 2.37. The highest BCUT2D eigenvalue weighted by atomic mass is 16.6. The monoisotopic (exact) mass is 582 g/mol. The zero-order valence-corrected chi connectivity index (χ0v) is 24.8. The van der Waals surface area contributed by atoms with Crippen molar-refractivity contribution in [2.24, 2.45) is 5.92 Å². The standard InChI is InChI=1S/C30H38N4O8/c1-16(2)22-14-34(29(37)20-12-18-8-7-9-21(18)33-28(20)40-5)15-25(35)31-17(3)26(30(38)41-6)42-24-13-19(27(36)32-22)10-11-23(24)39-4/h10-13,16-17,22,26H,7-9,14-15H2,1-6H3,(H,31,35)(H,32,36)/t17-,22?,26?/m0/s1. The van der Waals surface area contributed by atoms with Crippen LogP contribution in [0.5, 0.6) is 17.4 Å². The number of carbonyl (C=O) groups excluding carboxylic acids is 4. The van der Waals surface area contributed by atoms with Crippen LogP contribution in [-0.4, -0.2) is 86.2 Å². The smallest absolute Gasteiger partial charge is 0.349 e. The summed E-state index contributed by atoms with van der Waals surface area (Å²) in [7, 11) is 4.09. The van der Waals surface area contributed by atoms with Crippen LogP contribution < -0.4 is 24.8 Å². The van der Waals surface area contributed by atoms with Gasteiger partial charge in [-0.2, -0.15) is 0 Å². The van der Waals surface area contributed by atoms with Gasteiger partial charge in [0.15, 0.2) is 11.5 Å². The molecule has 2 heterocycles. The highest BCUT2D eigenvalue weighted by molar-refractivity contribution is 5.99. The Morgan fingerprint density at radius 1 is 1.07 bits per heavy atom. The van der Waals surface area contributed by atoms with Crippen LogP contribution in [0.15, 0.2) is 24.3 Å². The van der Waals surface area contributed by atoms with E-state index in [4.69, 9.17) is 18.9 Å². The van der Waals surface area contributed by atoms with Crippen LogP contribution in [-0.2, 0) is 27.2 Å². The van der Waals surface area contributed by atoms with Crippen molar-refractivity contribution in [2.45, 2.75) is 58.2 Å². The first-order valence-electron chi connectivity index (χ1n) is 13.9. The third-order valence-corrected chi connectivity index (χ3v) is 7.56. The second-order valence-corrected chi connectivity index (χ2v) is 10.8. The van der Waals surface area contributed by atoms with Crippen molar-refractivity contribution in [1.29, 1.82) is 0 Å². The van der Waals surface area contributed by atoms with Gasteiger partial charge in [0.25, 0.3) is 11.8 Å². The van der Waals surface area contributed by atoms with Crippen LogP contribution in [0, 0.1) is 5.92 Å². The molecule has 2 aliphatic rings. The van der Waals surface area contributed by atoms with Gasteiger partial charge in [-0.1, -0.05) is 13.8 Å². The minimum Gasteiger partial charge on any atom is -0.493 e. The molecular formula is C30H38N4O8. The van der Waals surface area contributed by atoms with Gasteiger partial charge in [-0.15, -0.1) is 0 Å². The van der Waals surface area contributed by atoms with Gasteiger partial charge in [-0.3, -0.25) is 14.4 Å². The first kappa shape index (κ1) is 30.6. The lowest BCUT2D eigenvalue weighted by atomic mass is 10.0. The Morgan fingerprint density at radius 2 is 1.83 bits per heavy atom. The fourth-order valence-corrected chi connectivity index (χ4v) is 5.13. The van der Waals surface area contributed by atoms with E-state index >= 15 is 0 Å². The molecule has 0 radical (unpaired) electrons. The molecule has 0 fully saturated rings. The van der Waals surface area contributed by atoms with E-state index in [0.29, 0.717) is 5.75 Å². The molecule has 1 aromatic heterocycles. The van der Waals surface area contributed by atoms with Gasteiger partial charge >= 0.3 is 5.97 Å². The zero-order chi connectivity index (χ0) is 30.6. The van der Waals surface area contributed by atoms with Crippen molar-refractivity contribution >= 4 is 23.7 Å². The third kappa shape index (κ3) is 6.58. The predicted octanol–water partition coefficient (Wildman–Crippen LogP) is 1.92. The van der Waals surface area contributed by atoms with Crippen molar-refractivity contribution in [2.75, 3.05) is 34.4 Å². The van der Waals surface area contributed by atoms with Crippen molar-refractivity contribution in [3.63, 3.8) is 0 Å². The van der Waals surface area contributed by atoms with Crippen LogP contribution in [0.1, 0.15) is 59.2 Å². The number of nitrogens with zero attached hydrogens (tertiary/aromatic N) is 2. The van der Waals surface area contributed by atoms with Crippen LogP contribution in [0.2, 0.25) is 0 Å². The Balaban J connectivity index is 1.76. The van der Waals surface area contributed by atoms with Crippen LogP contribution in [0.3, 0.4) is 0 Å². The van der Waals surface area contributed by atoms with E-state index in [0.717, 1.165) is 30.5 Å². The summed E-state index contributed by atoms with van der Waals surface area (Å²) in [6.45, 7) is 5.10. The summed E-state index contributed by atoms with van der Waals surface area (Å²) < 4.78 is 21.8. The number of ether oxygens (including phenoxy) is 4. The fourth-order valence-electron chi connectivity index (χ4n) is 5.13. The topological polar surface area (TPSA) is 145 Å². The first-order chi connectivity index (χ1) is 20.1. The molecule has 0 saturated carbocycles. The molecule has 226 valence electrons. The summed E-state index contributed by atoms with van der Waals surface area (Å²) in [6.07, 6.45) is 1.27. The zero-order valence-electron chi connectivity index (χ0n) is 24.8. The van der Waals surface area contributed by atoms with E-state index < -0.39 is 41.9 Å². The molecule has 1 aliphatic carbocycles. The normalized spacial score (nSPS) is 20.9. The quantitative estimate of drug-likeness (QED) is 0.505. The van der Waals surface area contributed by atoms with E-state index in [1.165, 1.54) is 32.3 Å². The largest absolute Gasteiger partial charge is 0.493 e. The Morgan fingerprint density at radius 3 is 2.50 bits per heavy atom. The number of carbonyl (C=O) groups is 4. The predicted molar refractivity (Wildman–Crippen MR) is 152 cm³/mol. The number of amides is 3. The van der Waals surface area contributed by atoms with Crippen molar-refractivity contribution in [3.8, 4) is 17.4 Å². The molecule has 1 aliphatic heterocycles. The number of pyridine rings is 1. The number of aryl methyl sites for hydroxylation is 2. The molecule has 12 nitrogen and oxygen atoms in total. The third-order valence-electron chi connectivity index (χ3n) is 7.56. The molecule has 2 unspecified atom stereocenters. The number of fused-ring (bicyclic) bond motifs is 3. The highest BCUT2D eigenvalue weighted by Crippen LogP contribution is 2.31. The van der Waals surface area contributed by atoms with Crippen LogP contribution >= 0.6 is 0 Å². The van der Waals surface area contributed by atoms with Gasteiger partial charge in [0, 0.05) is 23.8 Å². The highest BCUT2D eigenvalue weighted by Gasteiger charge is 2.34. The van der Waals surface area contributed by atoms with Gasteiger partial charge in [0.05, 0.1) is 33.9 Å². The molecule has 1 aromatic carbocycles. The lowest BCUT2D eigenvalue weighted by Crippen LogP contribution is -2.54. The molecular weight excluding hydrogens is 544 g/mol. The van der Waals surface area contributed by atoms with Gasteiger partial charge in [-0.25, -0.2) is 9.78 Å². The van der Waals surface area contributed by atoms with Crippen molar-refractivity contribution in [1.82, 2.24) is 20.5 Å².